The monoisotopic (exact) mass is 401 g/mol. The van der Waals surface area contributed by atoms with Gasteiger partial charge in [0, 0.05) is 16.3 Å². The Morgan fingerprint density at radius 2 is 1.80 bits per heavy atom. The molecule has 2 aromatic rings. The molecule has 2 amide bonds. The largest absolute Gasteiger partial charge is 0.368 e. The summed E-state index contributed by atoms with van der Waals surface area (Å²) in [5.74, 6) is -1.26. The van der Waals surface area contributed by atoms with Crippen molar-refractivity contribution in [3.8, 4) is 0 Å². The highest BCUT2D eigenvalue weighted by Gasteiger charge is 2.19. The molecule has 0 aliphatic rings. The molecular weight excluding hydrogens is 389 g/mol. The summed E-state index contributed by atoms with van der Waals surface area (Å²) in [6.07, 6.45) is 0. The minimum Gasteiger partial charge on any atom is -0.368 e. The number of nitrogens with two attached hydrogens (primary N) is 1. The quantitative estimate of drug-likeness (QED) is 0.685. The number of hydrogen-bond donors (Lipinski definition) is 3. The number of carbonyl (C=O) groups is 2. The van der Waals surface area contributed by atoms with E-state index in [0.29, 0.717) is 0 Å². The topological polar surface area (TPSA) is 118 Å². The number of benzene rings is 2. The second kappa shape index (κ2) is 7.73. The maximum Gasteiger partial charge on any atom is 0.263 e. The van der Waals surface area contributed by atoms with Crippen LogP contribution in [0.25, 0.3) is 0 Å². The fourth-order valence-corrected chi connectivity index (χ4v) is 3.70. The molecule has 10 heteroatoms. The van der Waals surface area contributed by atoms with E-state index < -0.39 is 21.8 Å². The Bertz CT molecular complexity index is 932. The van der Waals surface area contributed by atoms with E-state index in [1.54, 1.807) is 0 Å². The minimum atomic E-state index is -4.01. The van der Waals surface area contributed by atoms with Crippen molar-refractivity contribution < 1.29 is 18.0 Å². The lowest BCUT2D eigenvalue weighted by Crippen LogP contribution is -2.33. The number of sulfonamides is 1. The number of rotatable bonds is 6. The molecule has 2 aromatic carbocycles. The number of hydrogen-bond acceptors (Lipinski definition) is 4. The molecule has 4 N–H and O–H groups in total. The van der Waals surface area contributed by atoms with Gasteiger partial charge in [-0.15, -0.1) is 0 Å². The number of anilines is 1. The Kier molecular flexibility index (Phi) is 5.89. The predicted molar refractivity (Wildman–Crippen MR) is 95.2 cm³/mol. The first-order valence-electron chi connectivity index (χ1n) is 6.83. The van der Waals surface area contributed by atoms with Gasteiger partial charge in [-0.25, -0.2) is 8.42 Å². The van der Waals surface area contributed by atoms with E-state index in [9.17, 15) is 18.0 Å². The Labute approximate surface area is 154 Å². The van der Waals surface area contributed by atoms with E-state index >= 15 is 0 Å². The van der Waals surface area contributed by atoms with Crippen molar-refractivity contribution in [3.63, 3.8) is 0 Å². The van der Waals surface area contributed by atoms with Gasteiger partial charge in [0.05, 0.1) is 11.6 Å². The zero-order chi connectivity index (χ0) is 18.6. The van der Waals surface area contributed by atoms with Gasteiger partial charge in [0.15, 0.2) is 0 Å². The molecule has 0 spiro atoms. The van der Waals surface area contributed by atoms with Gasteiger partial charge in [-0.05, 0) is 36.4 Å². The molecule has 0 saturated heterocycles. The summed E-state index contributed by atoms with van der Waals surface area (Å²) < 4.78 is 27.2. The van der Waals surface area contributed by atoms with Gasteiger partial charge in [-0.3, -0.25) is 14.3 Å². The van der Waals surface area contributed by atoms with Gasteiger partial charge in [0.25, 0.3) is 15.9 Å². The van der Waals surface area contributed by atoms with Crippen molar-refractivity contribution in [3.05, 3.63) is 58.1 Å². The predicted octanol–water partition coefficient (Wildman–Crippen LogP) is 2.01. The Hall–Kier alpha value is -2.29. The summed E-state index contributed by atoms with van der Waals surface area (Å²) in [6.45, 7) is -0.326. The molecular formula is C15H13Cl2N3O4S. The first-order valence-corrected chi connectivity index (χ1v) is 9.07. The first kappa shape index (κ1) is 19.0. The summed E-state index contributed by atoms with van der Waals surface area (Å²) in [7, 11) is -4.01. The van der Waals surface area contributed by atoms with E-state index in [-0.39, 0.29) is 32.7 Å². The molecule has 0 heterocycles. The average Bonchev–Trinajstić information content (AvgIpc) is 2.54. The van der Waals surface area contributed by atoms with E-state index in [2.05, 4.69) is 10.0 Å². The summed E-state index contributed by atoms with van der Waals surface area (Å²) in [6, 6.07) is 9.76. The zero-order valence-corrected chi connectivity index (χ0v) is 15.0. The van der Waals surface area contributed by atoms with Crippen LogP contribution in [0.2, 0.25) is 10.0 Å². The van der Waals surface area contributed by atoms with Crippen LogP contribution in [0.4, 0.5) is 5.69 Å². The Morgan fingerprint density at radius 1 is 1.08 bits per heavy atom. The van der Waals surface area contributed by atoms with Crippen molar-refractivity contribution in [1.29, 1.82) is 0 Å². The van der Waals surface area contributed by atoms with Crippen LogP contribution in [-0.2, 0) is 14.8 Å². The third-order valence-electron chi connectivity index (χ3n) is 2.98. The molecule has 7 nitrogen and oxygen atoms in total. The number of halogens is 2. The normalized spacial score (nSPS) is 11.0. The van der Waals surface area contributed by atoms with Crippen molar-refractivity contribution >= 4 is 50.7 Å². The molecule has 2 rings (SSSR count). The maximum absolute atomic E-state index is 12.5. The van der Waals surface area contributed by atoms with E-state index in [1.807, 2.05) is 0 Å². The van der Waals surface area contributed by atoms with Crippen molar-refractivity contribution in [2.45, 2.75) is 4.90 Å². The third-order valence-corrected chi connectivity index (χ3v) is 5.08. The fraction of sp³-hybridized carbons (Fsp3) is 0.0667. The van der Waals surface area contributed by atoms with Crippen LogP contribution >= 0.6 is 23.2 Å². The Morgan fingerprint density at radius 3 is 2.48 bits per heavy atom. The Balaban J connectivity index is 2.25. The molecule has 0 unspecified atom stereocenters. The van der Waals surface area contributed by atoms with Gasteiger partial charge in [-0.1, -0.05) is 29.3 Å². The van der Waals surface area contributed by atoms with Gasteiger partial charge in [0.1, 0.15) is 4.90 Å². The zero-order valence-electron chi connectivity index (χ0n) is 12.6. The molecule has 132 valence electrons. The fourth-order valence-electron chi connectivity index (χ4n) is 1.89. The number of primary amides is 1. The summed E-state index contributed by atoms with van der Waals surface area (Å²) in [5.41, 5.74) is 5.25. The molecule has 0 bridgehead atoms. The highest BCUT2D eigenvalue weighted by molar-refractivity contribution is 7.92. The SMILES string of the molecule is NC(=O)CNC(=O)c1cccc(NS(=O)(=O)c2cc(Cl)ccc2Cl)c1. The van der Waals surface area contributed by atoms with Crippen LogP contribution in [0.1, 0.15) is 10.4 Å². The molecule has 0 radical (unpaired) electrons. The molecule has 0 aliphatic carbocycles. The molecule has 0 fully saturated rings. The number of carbonyl (C=O) groups excluding carboxylic acids is 2. The van der Waals surface area contributed by atoms with Gasteiger partial charge < -0.3 is 11.1 Å². The highest BCUT2D eigenvalue weighted by atomic mass is 35.5. The third kappa shape index (κ3) is 5.09. The van der Waals surface area contributed by atoms with Crippen LogP contribution in [0.5, 0.6) is 0 Å². The van der Waals surface area contributed by atoms with E-state index in [1.165, 1.54) is 42.5 Å². The summed E-state index contributed by atoms with van der Waals surface area (Å²) in [5, 5.41) is 2.53. The van der Waals surface area contributed by atoms with Crippen LogP contribution in [0, 0.1) is 0 Å². The lowest BCUT2D eigenvalue weighted by molar-refractivity contribution is -0.117. The lowest BCUT2D eigenvalue weighted by Gasteiger charge is -2.11. The minimum absolute atomic E-state index is 0.00672. The molecule has 0 aromatic heterocycles. The van der Waals surface area contributed by atoms with Crippen LogP contribution in [-0.4, -0.2) is 26.8 Å². The van der Waals surface area contributed by atoms with E-state index in [0.717, 1.165) is 0 Å². The van der Waals surface area contributed by atoms with E-state index in [4.69, 9.17) is 28.9 Å². The van der Waals surface area contributed by atoms with Gasteiger partial charge in [0.2, 0.25) is 5.91 Å². The van der Waals surface area contributed by atoms with Gasteiger partial charge in [-0.2, -0.15) is 0 Å². The number of nitrogens with one attached hydrogen (secondary N) is 2. The standard InChI is InChI=1S/C15H13Cl2N3O4S/c16-10-4-5-12(17)13(7-10)25(23,24)20-11-3-1-2-9(6-11)15(22)19-8-14(18)21/h1-7,20H,8H2,(H2,18,21)(H,19,22). The van der Waals surface area contributed by atoms with Crippen LogP contribution < -0.4 is 15.8 Å². The average molecular weight is 402 g/mol. The van der Waals surface area contributed by atoms with Crippen LogP contribution in [0.15, 0.2) is 47.4 Å². The first-order chi connectivity index (χ1) is 11.7. The van der Waals surface area contributed by atoms with Crippen molar-refractivity contribution in [1.82, 2.24) is 5.32 Å². The summed E-state index contributed by atoms with van der Waals surface area (Å²) in [4.78, 5) is 22.4. The lowest BCUT2D eigenvalue weighted by atomic mass is 10.2. The second-order valence-corrected chi connectivity index (χ2v) is 7.40. The van der Waals surface area contributed by atoms with Crippen molar-refractivity contribution in [2.24, 2.45) is 5.73 Å². The van der Waals surface area contributed by atoms with Crippen molar-refractivity contribution in [2.75, 3.05) is 11.3 Å². The summed E-state index contributed by atoms with van der Waals surface area (Å²) >= 11 is 11.7. The molecule has 0 aliphatic heterocycles. The molecule has 0 saturated carbocycles. The highest BCUT2D eigenvalue weighted by Crippen LogP contribution is 2.27. The second-order valence-electron chi connectivity index (χ2n) is 4.91. The van der Waals surface area contributed by atoms with Gasteiger partial charge >= 0.3 is 0 Å². The number of amides is 2. The molecule has 25 heavy (non-hydrogen) atoms. The maximum atomic E-state index is 12.5. The smallest absolute Gasteiger partial charge is 0.263 e. The van der Waals surface area contributed by atoms with Crippen LogP contribution in [0.3, 0.4) is 0 Å². The molecule has 0 atom stereocenters.